The van der Waals surface area contributed by atoms with Crippen molar-refractivity contribution in [1.29, 1.82) is 0 Å². The maximum Gasteiger partial charge on any atom is 0.276 e. The van der Waals surface area contributed by atoms with Crippen LogP contribution in [0.4, 0.5) is 5.69 Å². The number of benzene rings is 3. The number of carbonyl (C=O) groups excluding carboxylic acids is 1. The van der Waals surface area contributed by atoms with Crippen LogP contribution in [0, 0.1) is 17.0 Å². The summed E-state index contributed by atoms with van der Waals surface area (Å²) in [7, 11) is 0. The van der Waals surface area contributed by atoms with Crippen LogP contribution in [-0.4, -0.2) is 37.6 Å². The first-order chi connectivity index (χ1) is 17.5. The molecule has 0 atom stereocenters. The summed E-state index contributed by atoms with van der Waals surface area (Å²) in [6, 6.07) is 24.1. The Bertz CT molecular complexity index is 1420. The van der Waals surface area contributed by atoms with Gasteiger partial charge in [0.25, 0.3) is 11.6 Å². The van der Waals surface area contributed by atoms with Gasteiger partial charge in [0.15, 0.2) is 11.0 Å². The van der Waals surface area contributed by atoms with Gasteiger partial charge in [-0.2, -0.15) is 5.10 Å². The fourth-order valence-electron chi connectivity index (χ4n) is 3.32. The number of allylic oxidation sites excluding steroid dienone is 1. The molecule has 0 spiro atoms. The molecule has 180 valence electrons. The Kier molecular flexibility index (Phi) is 7.99. The van der Waals surface area contributed by atoms with Crippen LogP contribution in [-0.2, 0) is 4.79 Å². The van der Waals surface area contributed by atoms with Crippen LogP contribution in [0.5, 0.6) is 0 Å². The summed E-state index contributed by atoms with van der Waals surface area (Å²) in [5.41, 5.74) is 5.84. The minimum Gasteiger partial charge on any atom is -0.272 e. The van der Waals surface area contributed by atoms with Crippen molar-refractivity contribution in [1.82, 2.24) is 20.2 Å². The van der Waals surface area contributed by atoms with E-state index in [1.54, 1.807) is 24.3 Å². The lowest BCUT2D eigenvalue weighted by molar-refractivity contribution is -0.385. The van der Waals surface area contributed by atoms with E-state index >= 15 is 0 Å². The van der Waals surface area contributed by atoms with Crippen LogP contribution in [0.25, 0.3) is 23.2 Å². The summed E-state index contributed by atoms with van der Waals surface area (Å²) in [5, 5.41) is 24.2. The lowest BCUT2D eigenvalue weighted by Gasteiger charge is -2.10. The maximum absolute atomic E-state index is 12.3. The third kappa shape index (κ3) is 6.10. The lowest BCUT2D eigenvalue weighted by atomic mass is 10.1. The summed E-state index contributed by atoms with van der Waals surface area (Å²) < 4.78 is 1.92. The molecule has 0 aliphatic heterocycles. The number of rotatable bonds is 9. The molecule has 36 heavy (non-hydrogen) atoms. The quantitative estimate of drug-likeness (QED) is 0.149. The van der Waals surface area contributed by atoms with E-state index in [0.717, 1.165) is 16.8 Å². The van der Waals surface area contributed by atoms with Crippen LogP contribution in [0.2, 0.25) is 0 Å². The number of hydrogen-bond acceptors (Lipinski definition) is 7. The molecule has 1 N–H and O–H groups in total. The molecule has 0 aliphatic rings. The third-order valence-electron chi connectivity index (χ3n) is 5.05. The van der Waals surface area contributed by atoms with Gasteiger partial charge in [0.1, 0.15) is 0 Å². The van der Waals surface area contributed by atoms with Gasteiger partial charge in [0.05, 0.1) is 16.2 Å². The predicted octanol–water partition coefficient (Wildman–Crippen LogP) is 5.06. The van der Waals surface area contributed by atoms with Crippen molar-refractivity contribution in [3.8, 4) is 17.1 Å². The van der Waals surface area contributed by atoms with Gasteiger partial charge in [0, 0.05) is 23.5 Å². The van der Waals surface area contributed by atoms with Crippen molar-refractivity contribution in [2.45, 2.75) is 12.1 Å². The second-order valence-corrected chi connectivity index (χ2v) is 8.56. The van der Waals surface area contributed by atoms with E-state index in [4.69, 9.17) is 0 Å². The first kappa shape index (κ1) is 24.6. The van der Waals surface area contributed by atoms with E-state index in [9.17, 15) is 14.9 Å². The molecule has 4 rings (SSSR count). The number of carbonyl (C=O) groups is 1. The monoisotopic (exact) mass is 498 g/mol. The van der Waals surface area contributed by atoms with E-state index in [2.05, 4.69) is 20.7 Å². The van der Waals surface area contributed by atoms with Crippen molar-refractivity contribution >= 4 is 35.6 Å². The normalized spacial score (nSPS) is 11.2. The van der Waals surface area contributed by atoms with E-state index in [1.165, 1.54) is 30.1 Å². The van der Waals surface area contributed by atoms with Gasteiger partial charge in [0.2, 0.25) is 0 Å². The predicted molar refractivity (Wildman–Crippen MR) is 141 cm³/mol. The highest BCUT2D eigenvalue weighted by Crippen LogP contribution is 2.28. The smallest absolute Gasteiger partial charge is 0.272 e. The van der Waals surface area contributed by atoms with Gasteiger partial charge in [-0.25, -0.2) is 5.43 Å². The Morgan fingerprint density at radius 1 is 1.06 bits per heavy atom. The highest BCUT2D eigenvalue weighted by atomic mass is 32.2. The molecule has 9 nitrogen and oxygen atoms in total. The molecular weight excluding hydrogens is 476 g/mol. The number of nitrogens with zero attached hydrogens (tertiary/aromatic N) is 5. The molecule has 0 radical (unpaired) electrons. The SMILES string of the molecule is Cc1ccc(-c2nnc(SCC(=O)N/N=C\C=C\c3ccccc3[N+](=O)[O-])n2-c2ccccc2)cc1. The van der Waals surface area contributed by atoms with Crippen molar-refractivity contribution in [2.75, 3.05) is 5.75 Å². The van der Waals surface area contributed by atoms with E-state index in [-0.39, 0.29) is 17.3 Å². The summed E-state index contributed by atoms with van der Waals surface area (Å²) in [5.74, 6) is 0.432. The fraction of sp³-hybridized carbons (Fsp3) is 0.0769. The molecular formula is C26H22N6O3S. The first-order valence-electron chi connectivity index (χ1n) is 11.0. The molecule has 1 amide bonds. The van der Waals surface area contributed by atoms with Crippen molar-refractivity contribution in [3.63, 3.8) is 0 Å². The second-order valence-electron chi connectivity index (χ2n) is 7.62. The number of nitrogens with one attached hydrogen (secondary N) is 1. The average molecular weight is 499 g/mol. The maximum atomic E-state index is 12.3. The molecule has 3 aromatic carbocycles. The number of nitro groups is 1. The largest absolute Gasteiger partial charge is 0.276 e. The van der Waals surface area contributed by atoms with Crippen molar-refractivity contribution in [3.05, 3.63) is 106 Å². The summed E-state index contributed by atoms with van der Waals surface area (Å²) in [6.45, 7) is 2.02. The van der Waals surface area contributed by atoms with Crippen molar-refractivity contribution < 1.29 is 9.72 Å². The van der Waals surface area contributed by atoms with Crippen LogP contribution in [0.1, 0.15) is 11.1 Å². The fourth-order valence-corrected chi connectivity index (χ4v) is 4.06. The zero-order chi connectivity index (χ0) is 25.3. The third-order valence-corrected chi connectivity index (χ3v) is 5.98. The Balaban J connectivity index is 1.42. The number of aromatic nitrogens is 3. The van der Waals surface area contributed by atoms with Gasteiger partial charge >= 0.3 is 0 Å². The van der Waals surface area contributed by atoms with Gasteiger partial charge in [-0.15, -0.1) is 10.2 Å². The summed E-state index contributed by atoms with van der Waals surface area (Å²) in [6.07, 6.45) is 4.44. The van der Waals surface area contributed by atoms with Gasteiger partial charge in [-0.1, -0.05) is 71.9 Å². The van der Waals surface area contributed by atoms with Crippen LogP contribution < -0.4 is 5.43 Å². The molecule has 0 saturated carbocycles. The van der Waals surface area contributed by atoms with Gasteiger partial charge in [-0.05, 0) is 37.3 Å². The number of nitro benzene ring substituents is 1. The molecule has 0 aliphatic carbocycles. The minimum absolute atomic E-state index is 0.00452. The Morgan fingerprint density at radius 3 is 2.53 bits per heavy atom. The molecule has 1 aromatic heterocycles. The molecule has 0 fully saturated rings. The average Bonchev–Trinajstić information content (AvgIpc) is 3.32. The molecule has 0 unspecified atom stereocenters. The summed E-state index contributed by atoms with van der Waals surface area (Å²) >= 11 is 1.24. The highest BCUT2D eigenvalue weighted by Gasteiger charge is 2.17. The van der Waals surface area contributed by atoms with E-state index < -0.39 is 4.92 Å². The number of aryl methyl sites for hydroxylation is 1. The Morgan fingerprint density at radius 2 is 1.78 bits per heavy atom. The Hall–Kier alpha value is -4.57. The zero-order valence-electron chi connectivity index (χ0n) is 19.3. The lowest BCUT2D eigenvalue weighted by Crippen LogP contribution is -2.19. The first-order valence-corrected chi connectivity index (χ1v) is 11.9. The molecule has 4 aromatic rings. The number of amides is 1. The molecule has 0 bridgehead atoms. The van der Waals surface area contributed by atoms with Crippen LogP contribution in [0.3, 0.4) is 0 Å². The number of para-hydroxylation sites is 2. The van der Waals surface area contributed by atoms with Gasteiger partial charge in [-0.3, -0.25) is 19.5 Å². The highest BCUT2D eigenvalue weighted by molar-refractivity contribution is 7.99. The number of hydrogen-bond donors (Lipinski definition) is 1. The molecule has 0 saturated heterocycles. The van der Waals surface area contributed by atoms with Crippen LogP contribution in [0.15, 0.2) is 95.2 Å². The number of thioether (sulfide) groups is 1. The second kappa shape index (κ2) is 11.7. The van der Waals surface area contributed by atoms with Crippen molar-refractivity contribution in [2.24, 2.45) is 5.10 Å². The topological polar surface area (TPSA) is 115 Å². The summed E-state index contributed by atoms with van der Waals surface area (Å²) in [4.78, 5) is 23.0. The Labute approximate surface area is 211 Å². The number of hydrazone groups is 1. The van der Waals surface area contributed by atoms with Crippen LogP contribution >= 0.6 is 11.8 Å². The zero-order valence-corrected chi connectivity index (χ0v) is 20.1. The van der Waals surface area contributed by atoms with E-state index in [1.807, 2.05) is 66.1 Å². The molecule has 10 heteroatoms. The van der Waals surface area contributed by atoms with Gasteiger partial charge < -0.3 is 0 Å². The minimum atomic E-state index is -0.450. The molecule has 1 heterocycles. The standard InChI is InChI=1S/C26H22N6O3S/c1-19-13-15-21(16-14-19)25-29-30-26(31(25)22-10-3-2-4-11-22)36-18-24(33)28-27-17-7-9-20-8-5-6-12-23(20)32(34)35/h2-17H,18H2,1H3,(H,28,33)/b9-7+,27-17-. The van der Waals surface area contributed by atoms with E-state index in [0.29, 0.717) is 16.5 Å².